The first-order valence-corrected chi connectivity index (χ1v) is 9.68. The molecule has 0 aromatic heterocycles. The van der Waals surface area contributed by atoms with Gasteiger partial charge in [0.15, 0.2) is 0 Å². The Morgan fingerprint density at radius 1 is 1.00 bits per heavy atom. The minimum atomic E-state index is -0.809. The van der Waals surface area contributed by atoms with Gasteiger partial charge < -0.3 is 0 Å². The molecule has 0 N–H and O–H groups in total. The zero-order chi connectivity index (χ0) is 10.9. The Kier molecular flexibility index (Phi) is 6.78. The van der Waals surface area contributed by atoms with Gasteiger partial charge in [0.1, 0.15) is 8.11 Å². The van der Waals surface area contributed by atoms with E-state index in [0.717, 1.165) is 0 Å². The van der Waals surface area contributed by atoms with Crippen molar-refractivity contribution in [2.75, 3.05) is 0 Å². The summed E-state index contributed by atoms with van der Waals surface area (Å²) in [7, 11) is -0.809. The molecule has 0 bridgehead atoms. The molecular formula is C13H21ClSi. The van der Waals surface area contributed by atoms with E-state index in [1.807, 2.05) is 0 Å². The van der Waals surface area contributed by atoms with Crippen LogP contribution in [0.25, 0.3) is 0 Å². The molecule has 1 atom stereocenters. The number of benzene rings is 1. The van der Waals surface area contributed by atoms with Gasteiger partial charge in [-0.15, -0.1) is 0 Å². The van der Waals surface area contributed by atoms with Crippen LogP contribution in [0.3, 0.4) is 0 Å². The summed E-state index contributed by atoms with van der Waals surface area (Å²) in [5, 5.41) is 0. The molecular weight excluding hydrogens is 220 g/mol. The number of rotatable bonds is 7. The normalized spacial score (nSPS) is 12.7. The van der Waals surface area contributed by atoms with E-state index < -0.39 is 8.11 Å². The van der Waals surface area contributed by atoms with E-state index in [0.29, 0.717) is 0 Å². The number of hydrogen-bond donors (Lipinski definition) is 0. The summed E-state index contributed by atoms with van der Waals surface area (Å²) >= 11 is 6.03. The zero-order valence-corrected chi connectivity index (χ0v) is 11.5. The maximum atomic E-state index is 6.03. The highest BCUT2D eigenvalue weighted by Crippen LogP contribution is 2.11. The minimum Gasteiger partial charge on any atom is -0.172 e. The van der Waals surface area contributed by atoms with Crippen molar-refractivity contribution in [1.82, 2.24) is 0 Å². The first-order valence-electron chi connectivity index (χ1n) is 5.97. The smallest absolute Gasteiger partial charge is 0.138 e. The van der Waals surface area contributed by atoms with Crippen LogP contribution >= 0.6 is 11.1 Å². The van der Waals surface area contributed by atoms with E-state index in [9.17, 15) is 0 Å². The molecule has 0 amide bonds. The fourth-order valence-electron chi connectivity index (χ4n) is 1.75. The average molecular weight is 241 g/mol. The van der Waals surface area contributed by atoms with Gasteiger partial charge in [-0.2, -0.15) is 11.1 Å². The highest BCUT2D eigenvalue weighted by molar-refractivity contribution is 7.06. The van der Waals surface area contributed by atoms with Crippen LogP contribution in [0.5, 0.6) is 0 Å². The van der Waals surface area contributed by atoms with Crippen molar-refractivity contribution in [3.8, 4) is 0 Å². The predicted molar refractivity (Wildman–Crippen MR) is 72.3 cm³/mol. The summed E-state index contributed by atoms with van der Waals surface area (Å²) in [4.78, 5) is 0. The van der Waals surface area contributed by atoms with E-state index in [1.54, 1.807) is 0 Å². The van der Waals surface area contributed by atoms with Crippen LogP contribution in [0.1, 0.15) is 31.2 Å². The van der Waals surface area contributed by atoms with Gasteiger partial charge in [-0.1, -0.05) is 56.1 Å². The van der Waals surface area contributed by atoms with Crippen molar-refractivity contribution in [3.63, 3.8) is 0 Å². The molecule has 0 aliphatic heterocycles. The van der Waals surface area contributed by atoms with Gasteiger partial charge >= 0.3 is 0 Å². The second-order valence-corrected chi connectivity index (χ2v) is 8.59. The third-order valence-corrected chi connectivity index (χ3v) is 4.52. The van der Waals surface area contributed by atoms with Gasteiger partial charge in [0, 0.05) is 0 Å². The maximum absolute atomic E-state index is 6.03. The SMILES string of the molecule is C[SiH](Cl)CCCCCCc1ccccc1. The Hall–Kier alpha value is -0.273. The molecule has 0 heterocycles. The molecule has 1 aromatic rings. The number of aryl methyl sites for hydroxylation is 1. The summed E-state index contributed by atoms with van der Waals surface area (Å²) in [5.74, 6) is 0. The van der Waals surface area contributed by atoms with Crippen LogP contribution in [-0.4, -0.2) is 8.11 Å². The number of halogens is 1. The largest absolute Gasteiger partial charge is 0.172 e. The highest BCUT2D eigenvalue weighted by Gasteiger charge is 1.98. The second-order valence-electron chi connectivity index (χ2n) is 4.22. The van der Waals surface area contributed by atoms with Gasteiger partial charge in [-0.3, -0.25) is 0 Å². The molecule has 1 rings (SSSR count). The predicted octanol–water partition coefficient (Wildman–Crippen LogP) is 4.38. The van der Waals surface area contributed by atoms with Crippen molar-refractivity contribution in [3.05, 3.63) is 35.9 Å². The zero-order valence-electron chi connectivity index (χ0n) is 9.58. The van der Waals surface area contributed by atoms with Crippen molar-refractivity contribution >= 4 is 19.2 Å². The van der Waals surface area contributed by atoms with Crippen LogP contribution in [0.4, 0.5) is 0 Å². The van der Waals surface area contributed by atoms with Crippen LogP contribution in [0, 0.1) is 0 Å². The molecule has 0 aliphatic rings. The fraction of sp³-hybridized carbons (Fsp3) is 0.538. The van der Waals surface area contributed by atoms with Crippen molar-refractivity contribution in [1.29, 1.82) is 0 Å². The third-order valence-electron chi connectivity index (χ3n) is 2.66. The van der Waals surface area contributed by atoms with Crippen molar-refractivity contribution < 1.29 is 0 Å². The van der Waals surface area contributed by atoms with E-state index in [4.69, 9.17) is 11.1 Å². The molecule has 15 heavy (non-hydrogen) atoms. The van der Waals surface area contributed by atoms with Crippen LogP contribution in [-0.2, 0) is 6.42 Å². The van der Waals surface area contributed by atoms with Crippen LogP contribution in [0.2, 0.25) is 12.6 Å². The van der Waals surface area contributed by atoms with Gasteiger partial charge in [-0.05, 0) is 24.4 Å². The Morgan fingerprint density at radius 3 is 2.33 bits per heavy atom. The first kappa shape index (κ1) is 12.8. The first-order chi connectivity index (χ1) is 7.29. The lowest BCUT2D eigenvalue weighted by Crippen LogP contribution is -1.94. The molecule has 1 unspecified atom stereocenters. The van der Waals surface area contributed by atoms with E-state index in [-0.39, 0.29) is 0 Å². The Labute approximate surface area is 100.0 Å². The molecule has 0 fully saturated rings. The monoisotopic (exact) mass is 240 g/mol. The quantitative estimate of drug-likeness (QED) is 0.377. The molecule has 0 saturated carbocycles. The molecule has 2 heteroatoms. The number of unbranched alkanes of at least 4 members (excludes halogenated alkanes) is 3. The Bertz CT molecular complexity index is 246. The molecule has 0 spiro atoms. The topological polar surface area (TPSA) is 0 Å². The van der Waals surface area contributed by atoms with E-state index >= 15 is 0 Å². The molecule has 0 nitrogen and oxygen atoms in total. The van der Waals surface area contributed by atoms with Gasteiger partial charge in [0.25, 0.3) is 0 Å². The van der Waals surface area contributed by atoms with Crippen molar-refractivity contribution in [2.24, 2.45) is 0 Å². The van der Waals surface area contributed by atoms with Gasteiger partial charge in [0.05, 0.1) is 0 Å². The fourth-order valence-corrected chi connectivity index (χ4v) is 3.07. The molecule has 1 aromatic carbocycles. The Morgan fingerprint density at radius 2 is 1.67 bits per heavy atom. The lowest BCUT2D eigenvalue weighted by atomic mass is 10.1. The van der Waals surface area contributed by atoms with E-state index in [1.165, 1.54) is 43.7 Å². The summed E-state index contributed by atoms with van der Waals surface area (Å²) in [6.45, 7) is 2.21. The minimum absolute atomic E-state index is 0.809. The summed E-state index contributed by atoms with van der Waals surface area (Å²) in [6, 6.07) is 12.1. The highest BCUT2D eigenvalue weighted by atomic mass is 35.6. The van der Waals surface area contributed by atoms with Gasteiger partial charge in [0.2, 0.25) is 0 Å². The molecule has 0 radical (unpaired) electrons. The van der Waals surface area contributed by atoms with E-state index in [2.05, 4.69) is 36.9 Å². The summed E-state index contributed by atoms with van der Waals surface area (Å²) in [5.41, 5.74) is 1.47. The molecule has 0 saturated heterocycles. The lowest BCUT2D eigenvalue weighted by molar-refractivity contribution is 0.665. The summed E-state index contributed by atoms with van der Waals surface area (Å²) < 4.78 is 0. The second kappa shape index (κ2) is 7.95. The summed E-state index contributed by atoms with van der Waals surface area (Å²) in [6.07, 6.45) is 6.60. The van der Waals surface area contributed by atoms with Crippen molar-refractivity contribution in [2.45, 2.75) is 44.7 Å². The number of hydrogen-bond acceptors (Lipinski definition) is 0. The van der Waals surface area contributed by atoms with Crippen LogP contribution < -0.4 is 0 Å². The van der Waals surface area contributed by atoms with Gasteiger partial charge in [-0.25, -0.2) is 0 Å². The average Bonchev–Trinajstić information content (AvgIpc) is 2.24. The molecule has 0 aliphatic carbocycles. The Balaban J connectivity index is 1.98. The van der Waals surface area contributed by atoms with Crippen LogP contribution in [0.15, 0.2) is 30.3 Å². The maximum Gasteiger partial charge on any atom is 0.138 e. The third kappa shape index (κ3) is 6.75. The standard InChI is InChI=1S/C13H21ClSi/c1-15(14)12-8-3-2-5-9-13-10-6-4-7-11-13/h4,6-7,10-11,15H,2-3,5,8-9,12H2,1H3. The lowest BCUT2D eigenvalue weighted by Gasteiger charge is -2.02. The molecule has 84 valence electrons.